The molecule has 2 aromatic carbocycles. The Morgan fingerprint density at radius 1 is 0.762 bits per heavy atom. The van der Waals surface area contributed by atoms with E-state index in [1.54, 1.807) is 0 Å². The monoisotopic (exact) mass is 304 g/mol. The predicted molar refractivity (Wildman–Crippen MR) is 86.1 cm³/mol. The smallest absolute Gasteiger partial charge is 0.227 e. The Bertz CT molecular complexity index is 526. The van der Waals surface area contributed by atoms with Gasteiger partial charge in [-0.15, -0.1) is 0 Å². The van der Waals surface area contributed by atoms with Gasteiger partial charge in [0, 0.05) is 13.1 Å². The van der Waals surface area contributed by atoms with E-state index in [0.717, 1.165) is 11.1 Å². The molecule has 0 aliphatic heterocycles. The molecule has 0 saturated carbocycles. The van der Waals surface area contributed by atoms with Gasteiger partial charge in [0.15, 0.2) is 0 Å². The Balaban J connectivity index is 1.68. The lowest BCUT2D eigenvalue weighted by Crippen LogP contribution is -2.21. The molecule has 2 aromatic rings. The van der Waals surface area contributed by atoms with Gasteiger partial charge in [-0.25, -0.2) is 0 Å². The molecule has 0 unspecified atom stereocenters. The van der Waals surface area contributed by atoms with Crippen LogP contribution >= 0.6 is 7.37 Å². The molecule has 0 heterocycles. The maximum Gasteiger partial charge on any atom is 0.227 e. The molecule has 0 atom stereocenters. The van der Waals surface area contributed by atoms with Crippen LogP contribution in [0.4, 0.5) is 0 Å². The predicted octanol–water partition coefficient (Wildman–Crippen LogP) is 2.75. The zero-order valence-corrected chi connectivity index (χ0v) is 12.8. The van der Waals surface area contributed by atoms with Crippen LogP contribution < -0.4 is 10.6 Å². The third kappa shape index (κ3) is 6.23. The SMILES string of the molecule is O=P(O)(CNCc1ccccc1)CNCc1ccccc1. The maximum absolute atomic E-state index is 12.0. The minimum absolute atomic E-state index is 0.115. The van der Waals surface area contributed by atoms with Crippen molar-refractivity contribution < 1.29 is 9.46 Å². The van der Waals surface area contributed by atoms with E-state index in [4.69, 9.17) is 0 Å². The molecule has 112 valence electrons. The zero-order chi connectivity index (χ0) is 15.0. The van der Waals surface area contributed by atoms with Gasteiger partial charge in [0.1, 0.15) is 0 Å². The van der Waals surface area contributed by atoms with E-state index < -0.39 is 7.37 Å². The van der Waals surface area contributed by atoms with Gasteiger partial charge in [-0.1, -0.05) is 60.7 Å². The molecule has 0 saturated heterocycles. The van der Waals surface area contributed by atoms with Crippen LogP contribution in [0, 0.1) is 0 Å². The fourth-order valence-electron chi connectivity index (χ4n) is 2.00. The first-order valence-corrected chi connectivity index (χ1v) is 8.99. The maximum atomic E-state index is 12.0. The summed E-state index contributed by atoms with van der Waals surface area (Å²) in [5.74, 6) is 0. The van der Waals surface area contributed by atoms with E-state index in [1.165, 1.54) is 0 Å². The highest BCUT2D eigenvalue weighted by Crippen LogP contribution is 2.37. The van der Waals surface area contributed by atoms with Crippen molar-refractivity contribution in [2.45, 2.75) is 13.1 Å². The van der Waals surface area contributed by atoms with E-state index in [1.807, 2.05) is 60.7 Å². The van der Waals surface area contributed by atoms with Crippen molar-refractivity contribution in [2.75, 3.05) is 12.6 Å². The average molecular weight is 304 g/mol. The topological polar surface area (TPSA) is 61.4 Å². The van der Waals surface area contributed by atoms with Crippen LogP contribution in [0.25, 0.3) is 0 Å². The van der Waals surface area contributed by atoms with Crippen molar-refractivity contribution in [3.8, 4) is 0 Å². The second kappa shape index (κ2) is 8.11. The van der Waals surface area contributed by atoms with Crippen molar-refractivity contribution in [3.05, 3.63) is 71.8 Å². The number of hydrogen-bond acceptors (Lipinski definition) is 3. The van der Waals surface area contributed by atoms with Gasteiger partial charge in [0.2, 0.25) is 7.37 Å². The summed E-state index contributed by atoms with van der Waals surface area (Å²) in [6.45, 7) is 1.20. The average Bonchev–Trinajstić information content (AvgIpc) is 2.49. The van der Waals surface area contributed by atoms with Crippen LogP contribution in [0.1, 0.15) is 11.1 Å². The lowest BCUT2D eigenvalue weighted by Gasteiger charge is -2.13. The highest BCUT2D eigenvalue weighted by Gasteiger charge is 2.16. The number of rotatable bonds is 8. The number of nitrogens with one attached hydrogen (secondary N) is 2. The molecule has 0 spiro atoms. The number of hydrogen-bond donors (Lipinski definition) is 3. The largest absolute Gasteiger partial charge is 0.343 e. The first kappa shape index (κ1) is 15.9. The summed E-state index contributed by atoms with van der Waals surface area (Å²) in [7, 11) is -3.19. The number of benzene rings is 2. The highest BCUT2D eigenvalue weighted by atomic mass is 31.2. The molecule has 21 heavy (non-hydrogen) atoms. The first-order valence-electron chi connectivity index (χ1n) is 6.96. The molecule has 0 aliphatic carbocycles. The molecule has 0 aliphatic rings. The van der Waals surface area contributed by atoms with Crippen LogP contribution in [-0.2, 0) is 17.7 Å². The van der Waals surface area contributed by atoms with Gasteiger partial charge in [-0.05, 0) is 11.1 Å². The van der Waals surface area contributed by atoms with E-state index in [9.17, 15) is 9.46 Å². The Morgan fingerprint density at radius 3 is 1.52 bits per heavy atom. The van der Waals surface area contributed by atoms with E-state index >= 15 is 0 Å². The summed E-state index contributed by atoms with van der Waals surface area (Å²) in [5.41, 5.74) is 2.21. The molecule has 0 aromatic heterocycles. The Labute approximate surface area is 125 Å². The first-order chi connectivity index (χ1) is 10.2. The van der Waals surface area contributed by atoms with Gasteiger partial charge in [-0.2, -0.15) is 0 Å². The Kier molecular flexibility index (Phi) is 6.15. The quantitative estimate of drug-likeness (QED) is 0.656. The van der Waals surface area contributed by atoms with Crippen molar-refractivity contribution in [1.82, 2.24) is 10.6 Å². The second-order valence-corrected chi connectivity index (χ2v) is 7.31. The van der Waals surface area contributed by atoms with Gasteiger partial charge in [0.05, 0.1) is 12.6 Å². The van der Waals surface area contributed by atoms with Crippen molar-refractivity contribution in [1.29, 1.82) is 0 Å². The fourth-order valence-corrected chi connectivity index (χ4v) is 3.03. The minimum atomic E-state index is -3.19. The van der Waals surface area contributed by atoms with Crippen LogP contribution in [0.5, 0.6) is 0 Å². The van der Waals surface area contributed by atoms with Crippen molar-refractivity contribution >= 4 is 7.37 Å². The standard InChI is InChI=1S/C16H21N2O2P/c19-21(20,13-17-11-15-7-3-1-4-8-15)14-18-12-16-9-5-2-6-10-16/h1-10,17-18H,11-14H2,(H,19,20). The summed E-state index contributed by atoms with van der Waals surface area (Å²) in [6.07, 6.45) is 0.230. The van der Waals surface area contributed by atoms with Crippen molar-refractivity contribution in [3.63, 3.8) is 0 Å². The fraction of sp³-hybridized carbons (Fsp3) is 0.250. The van der Waals surface area contributed by atoms with Crippen LogP contribution in [-0.4, -0.2) is 17.5 Å². The minimum Gasteiger partial charge on any atom is -0.343 e. The van der Waals surface area contributed by atoms with Crippen LogP contribution in [0.2, 0.25) is 0 Å². The van der Waals surface area contributed by atoms with Gasteiger partial charge in [-0.3, -0.25) is 4.57 Å². The van der Waals surface area contributed by atoms with E-state index in [0.29, 0.717) is 13.1 Å². The normalized spacial score (nSPS) is 11.5. The Hall–Kier alpha value is -1.45. The third-order valence-electron chi connectivity index (χ3n) is 3.06. The molecule has 0 fully saturated rings. The Morgan fingerprint density at radius 2 is 1.14 bits per heavy atom. The molecule has 4 nitrogen and oxygen atoms in total. The highest BCUT2D eigenvalue weighted by molar-refractivity contribution is 7.57. The molecule has 2 rings (SSSR count). The van der Waals surface area contributed by atoms with Crippen molar-refractivity contribution in [2.24, 2.45) is 0 Å². The summed E-state index contributed by atoms with van der Waals surface area (Å²) >= 11 is 0. The van der Waals surface area contributed by atoms with Crippen LogP contribution in [0.15, 0.2) is 60.7 Å². The third-order valence-corrected chi connectivity index (χ3v) is 4.50. The molecule has 5 heteroatoms. The van der Waals surface area contributed by atoms with E-state index in [-0.39, 0.29) is 12.6 Å². The molecule has 0 amide bonds. The summed E-state index contributed by atoms with van der Waals surface area (Å²) < 4.78 is 12.0. The zero-order valence-electron chi connectivity index (χ0n) is 11.9. The summed E-state index contributed by atoms with van der Waals surface area (Å²) in [4.78, 5) is 9.90. The second-order valence-electron chi connectivity index (χ2n) is 4.99. The summed E-state index contributed by atoms with van der Waals surface area (Å²) in [5, 5.41) is 6.08. The van der Waals surface area contributed by atoms with Gasteiger partial charge < -0.3 is 15.5 Å². The van der Waals surface area contributed by atoms with Gasteiger partial charge in [0.25, 0.3) is 0 Å². The van der Waals surface area contributed by atoms with Crippen LogP contribution in [0.3, 0.4) is 0 Å². The lowest BCUT2D eigenvalue weighted by molar-refractivity contribution is 0.464. The molecular weight excluding hydrogens is 283 g/mol. The lowest BCUT2D eigenvalue weighted by atomic mass is 10.2. The summed E-state index contributed by atoms with van der Waals surface area (Å²) in [6, 6.07) is 19.7. The molecule has 0 radical (unpaired) electrons. The van der Waals surface area contributed by atoms with Gasteiger partial charge >= 0.3 is 0 Å². The molecule has 3 N–H and O–H groups in total. The van der Waals surface area contributed by atoms with E-state index in [2.05, 4.69) is 10.6 Å². The molecule has 0 bridgehead atoms. The molecular formula is C16H21N2O2P.